The Balaban J connectivity index is 1.43. The Kier molecular flexibility index (Phi) is 4.77. The van der Waals surface area contributed by atoms with E-state index in [1.165, 1.54) is 0 Å². The molecule has 28 heavy (non-hydrogen) atoms. The molecule has 0 bridgehead atoms. The summed E-state index contributed by atoms with van der Waals surface area (Å²) in [6.45, 7) is 1.02. The van der Waals surface area contributed by atoms with Crippen LogP contribution in [0.3, 0.4) is 0 Å². The maximum absolute atomic E-state index is 12.7. The van der Waals surface area contributed by atoms with Gasteiger partial charge in [0, 0.05) is 18.7 Å². The molecular formula is C23H19N3O2. The number of nitriles is 1. The van der Waals surface area contributed by atoms with Crippen molar-refractivity contribution in [3.8, 4) is 6.07 Å². The van der Waals surface area contributed by atoms with Crippen molar-refractivity contribution in [2.45, 2.75) is 19.0 Å². The number of nitrogens with one attached hydrogen (secondary N) is 1. The van der Waals surface area contributed by atoms with Crippen LogP contribution in [0.5, 0.6) is 0 Å². The molecular weight excluding hydrogens is 350 g/mol. The summed E-state index contributed by atoms with van der Waals surface area (Å²) in [5.74, 6) is -0.325. The fourth-order valence-electron chi connectivity index (χ4n) is 3.56. The molecule has 1 fully saturated rings. The zero-order chi connectivity index (χ0) is 19.5. The third-order valence-electron chi connectivity index (χ3n) is 5.04. The molecule has 4 rings (SSSR count). The molecule has 1 N–H and O–H groups in total. The minimum absolute atomic E-state index is 0.0866. The van der Waals surface area contributed by atoms with Gasteiger partial charge in [0.15, 0.2) is 0 Å². The molecule has 138 valence electrons. The normalized spacial score (nSPS) is 16.2. The van der Waals surface area contributed by atoms with Crippen molar-refractivity contribution in [1.82, 2.24) is 10.2 Å². The van der Waals surface area contributed by atoms with Gasteiger partial charge in [0.05, 0.1) is 11.6 Å². The zero-order valence-corrected chi connectivity index (χ0v) is 15.3. The van der Waals surface area contributed by atoms with Crippen LogP contribution < -0.4 is 5.32 Å². The predicted molar refractivity (Wildman–Crippen MR) is 106 cm³/mol. The van der Waals surface area contributed by atoms with Gasteiger partial charge < -0.3 is 10.2 Å². The minimum atomic E-state index is -0.516. The van der Waals surface area contributed by atoms with Crippen molar-refractivity contribution in [2.75, 3.05) is 6.54 Å². The average Bonchev–Trinajstić information content (AvgIpc) is 3.07. The van der Waals surface area contributed by atoms with Crippen LogP contribution >= 0.6 is 0 Å². The molecule has 0 aliphatic carbocycles. The third-order valence-corrected chi connectivity index (χ3v) is 5.04. The lowest BCUT2D eigenvalue weighted by atomic mass is 10.1. The first kappa shape index (κ1) is 17.7. The molecule has 0 aromatic heterocycles. The third kappa shape index (κ3) is 3.58. The van der Waals surface area contributed by atoms with E-state index in [-0.39, 0.29) is 11.8 Å². The Labute approximate surface area is 163 Å². The van der Waals surface area contributed by atoms with E-state index in [1.54, 1.807) is 23.1 Å². The Hall–Kier alpha value is -3.65. The lowest BCUT2D eigenvalue weighted by Gasteiger charge is -2.17. The van der Waals surface area contributed by atoms with Crippen molar-refractivity contribution in [3.05, 3.63) is 83.4 Å². The molecule has 0 radical (unpaired) electrons. The average molecular weight is 369 g/mol. The molecule has 1 aliphatic heterocycles. The van der Waals surface area contributed by atoms with Crippen molar-refractivity contribution >= 4 is 22.6 Å². The Morgan fingerprint density at radius 1 is 1.07 bits per heavy atom. The molecule has 1 saturated heterocycles. The van der Waals surface area contributed by atoms with Gasteiger partial charge in [0.25, 0.3) is 5.91 Å². The number of rotatable bonds is 4. The molecule has 5 heteroatoms. The summed E-state index contributed by atoms with van der Waals surface area (Å²) in [5, 5.41) is 13.9. The van der Waals surface area contributed by atoms with Crippen molar-refractivity contribution in [3.63, 3.8) is 0 Å². The number of benzene rings is 3. The van der Waals surface area contributed by atoms with Gasteiger partial charge in [0.2, 0.25) is 5.91 Å². The first-order valence-corrected chi connectivity index (χ1v) is 9.21. The molecule has 0 saturated carbocycles. The summed E-state index contributed by atoms with van der Waals surface area (Å²) in [6, 6.07) is 22.2. The van der Waals surface area contributed by atoms with Crippen LogP contribution in [0.2, 0.25) is 0 Å². The summed E-state index contributed by atoms with van der Waals surface area (Å²) in [5.41, 5.74) is 2.03. The second-order valence-electron chi connectivity index (χ2n) is 6.95. The van der Waals surface area contributed by atoms with Gasteiger partial charge >= 0.3 is 0 Å². The monoisotopic (exact) mass is 369 g/mol. The highest BCUT2D eigenvalue weighted by Crippen LogP contribution is 2.18. The maximum Gasteiger partial charge on any atom is 0.251 e. The van der Waals surface area contributed by atoms with Crippen molar-refractivity contribution in [2.24, 2.45) is 0 Å². The fourth-order valence-corrected chi connectivity index (χ4v) is 3.56. The summed E-state index contributed by atoms with van der Waals surface area (Å²) < 4.78 is 0. The van der Waals surface area contributed by atoms with E-state index in [2.05, 4.69) is 11.4 Å². The van der Waals surface area contributed by atoms with Gasteiger partial charge in [-0.1, -0.05) is 42.5 Å². The summed E-state index contributed by atoms with van der Waals surface area (Å²) in [6.07, 6.45) is 0.579. The highest BCUT2D eigenvalue weighted by atomic mass is 16.2. The fraction of sp³-hybridized carbons (Fsp3) is 0.174. The van der Waals surface area contributed by atoms with Crippen LogP contribution in [0.15, 0.2) is 66.7 Å². The SMILES string of the molecule is N#Cc1cccc(CN2CC[C@H](NC(=O)c3ccc4ccccc4c3)C2=O)c1. The molecule has 1 heterocycles. The van der Waals surface area contributed by atoms with E-state index in [9.17, 15) is 9.59 Å². The minimum Gasteiger partial charge on any atom is -0.340 e. The molecule has 1 atom stereocenters. The first-order chi connectivity index (χ1) is 13.6. The van der Waals surface area contributed by atoms with E-state index >= 15 is 0 Å². The molecule has 2 amide bonds. The van der Waals surface area contributed by atoms with Gasteiger partial charge in [-0.05, 0) is 47.0 Å². The number of likely N-dealkylation sites (tertiary alicyclic amines) is 1. The molecule has 1 aliphatic rings. The topological polar surface area (TPSA) is 73.2 Å². The number of nitrogens with zero attached hydrogens (tertiary/aromatic N) is 2. The van der Waals surface area contributed by atoms with Gasteiger partial charge in [-0.2, -0.15) is 5.26 Å². The van der Waals surface area contributed by atoms with Crippen LogP contribution in [-0.2, 0) is 11.3 Å². The maximum atomic E-state index is 12.7. The number of amides is 2. The van der Waals surface area contributed by atoms with Crippen LogP contribution in [0.1, 0.15) is 27.9 Å². The number of hydrogen-bond acceptors (Lipinski definition) is 3. The molecule has 0 unspecified atom stereocenters. The summed E-state index contributed by atoms with van der Waals surface area (Å²) in [7, 11) is 0. The lowest BCUT2D eigenvalue weighted by molar-refractivity contribution is -0.129. The van der Waals surface area contributed by atoms with E-state index in [4.69, 9.17) is 5.26 Å². The molecule has 5 nitrogen and oxygen atoms in total. The summed E-state index contributed by atoms with van der Waals surface area (Å²) in [4.78, 5) is 27.0. The van der Waals surface area contributed by atoms with Gasteiger partial charge in [0.1, 0.15) is 6.04 Å². The Bertz CT molecular complexity index is 1100. The largest absolute Gasteiger partial charge is 0.340 e. The lowest BCUT2D eigenvalue weighted by Crippen LogP contribution is -2.41. The highest BCUT2D eigenvalue weighted by molar-refractivity contribution is 6.01. The zero-order valence-electron chi connectivity index (χ0n) is 15.3. The summed E-state index contributed by atoms with van der Waals surface area (Å²) >= 11 is 0. The Morgan fingerprint density at radius 3 is 2.71 bits per heavy atom. The number of carbonyl (C=O) groups excluding carboxylic acids is 2. The quantitative estimate of drug-likeness (QED) is 0.767. The van der Waals surface area contributed by atoms with E-state index in [0.29, 0.717) is 30.6 Å². The van der Waals surface area contributed by atoms with Crippen molar-refractivity contribution < 1.29 is 9.59 Å². The second kappa shape index (κ2) is 7.53. The molecule has 3 aromatic carbocycles. The molecule has 0 spiro atoms. The smallest absolute Gasteiger partial charge is 0.251 e. The first-order valence-electron chi connectivity index (χ1n) is 9.21. The number of carbonyl (C=O) groups is 2. The van der Waals surface area contributed by atoms with Gasteiger partial charge in [-0.3, -0.25) is 9.59 Å². The molecule has 3 aromatic rings. The van der Waals surface area contributed by atoms with Crippen molar-refractivity contribution in [1.29, 1.82) is 5.26 Å². The van der Waals surface area contributed by atoms with E-state index < -0.39 is 6.04 Å². The van der Waals surface area contributed by atoms with Crippen LogP contribution in [0, 0.1) is 11.3 Å². The van der Waals surface area contributed by atoms with Gasteiger partial charge in [-0.15, -0.1) is 0 Å². The van der Waals surface area contributed by atoms with E-state index in [0.717, 1.165) is 16.3 Å². The number of hydrogen-bond donors (Lipinski definition) is 1. The Morgan fingerprint density at radius 2 is 1.89 bits per heavy atom. The predicted octanol–water partition coefficient (Wildman–Crippen LogP) is 3.24. The highest BCUT2D eigenvalue weighted by Gasteiger charge is 2.32. The van der Waals surface area contributed by atoms with Crippen LogP contribution in [-0.4, -0.2) is 29.3 Å². The van der Waals surface area contributed by atoms with E-state index in [1.807, 2.05) is 48.5 Å². The van der Waals surface area contributed by atoms with Crippen LogP contribution in [0.4, 0.5) is 0 Å². The van der Waals surface area contributed by atoms with Crippen LogP contribution in [0.25, 0.3) is 10.8 Å². The van der Waals surface area contributed by atoms with Gasteiger partial charge in [-0.25, -0.2) is 0 Å². The number of fused-ring (bicyclic) bond motifs is 1. The second-order valence-corrected chi connectivity index (χ2v) is 6.95. The standard InChI is InChI=1S/C23H19N3O2/c24-14-16-4-3-5-17(12-16)15-26-11-10-21(23(26)28)25-22(27)20-9-8-18-6-1-2-7-19(18)13-20/h1-9,12-13,21H,10-11,15H2,(H,25,27)/t21-/m0/s1.